The number of furan rings is 1. The van der Waals surface area contributed by atoms with Crippen molar-refractivity contribution in [3.8, 4) is 0 Å². The summed E-state index contributed by atoms with van der Waals surface area (Å²) in [6.07, 6.45) is 1.69. The van der Waals surface area contributed by atoms with E-state index in [0.717, 1.165) is 23.6 Å². The van der Waals surface area contributed by atoms with Crippen LogP contribution in [0.2, 0.25) is 0 Å². The van der Waals surface area contributed by atoms with Crippen LogP contribution in [0.1, 0.15) is 26.8 Å². The fourth-order valence-electron chi connectivity index (χ4n) is 1.74. The number of hydrogen-bond donors (Lipinski definition) is 2. The predicted octanol–water partition coefficient (Wildman–Crippen LogP) is 1.28. The molecule has 0 saturated carbocycles. The van der Waals surface area contributed by atoms with E-state index in [4.69, 9.17) is 10.3 Å². The van der Waals surface area contributed by atoms with Gasteiger partial charge in [-0.15, -0.1) is 11.3 Å². The van der Waals surface area contributed by atoms with Crippen LogP contribution in [0.3, 0.4) is 0 Å². The Morgan fingerprint density at radius 3 is 3.00 bits per heavy atom. The second-order valence-electron chi connectivity index (χ2n) is 4.29. The Bertz CT molecular complexity index is 564. The number of rotatable bonds is 5. The Kier molecular flexibility index (Phi) is 4.31. The fourth-order valence-corrected chi connectivity index (χ4v) is 2.45. The molecule has 0 aromatic carbocycles. The number of carbonyl (C=O) groups excluding carboxylic acids is 1. The van der Waals surface area contributed by atoms with Gasteiger partial charge in [-0.25, -0.2) is 10.8 Å². The van der Waals surface area contributed by atoms with Gasteiger partial charge >= 0.3 is 0 Å². The quantitative estimate of drug-likeness (QED) is 0.489. The number of amides is 1. The van der Waals surface area contributed by atoms with Crippen molar-refractivity contribution in [2.24, 2.45) is 5.84 Å². The molecule has 0 spiro atoms. The van der Waals surface area contributed by atoms with E-state index in [9.17, 15) is 4.79 Å². The van der Waals surface area contributed by atoms with Gasteiger partial charge in [0.05, 0.1) is 12.0 Å². The van der Waals surface area contributed by atoms with Gasteiger partial charge in [0.15, 0.2) is 5.01 Å². The van der Waals surface area contributed by atoms with E-state index in [0.29, 0.717) is 11.6 Å². The summed E-state index contributed by atoms with van der Waals surface area (Å²) in [7, 11) is 1.99. The van der Waals surface area contributed by atoms with Crippen molar-refractivity contribution in [3.05, 3.63) is 39.7 Å². The summed E-state index contributed by atoms with van der Waals surface area (Å²) in [6.45, 7) is 3.38. The third-order valence-electron chi connectivity index (χ3n) is 2.72. The van der Waals surface area contributed by atoms with E-state index in [2.05, 4.69) is 15.3 Å². The van der Waals surface area contributed by atoms with E-state index in [-0.39, 0.29) is 5.91 Å². The first-order valence-electron chi connectivity index (χ1n) is 5.77. The van der Waals surface area contributed by atoms with Crippen molar-refractivity contribution in [3.63, 3.8) is 0 Å². The Morgan fingerprint density at radius 1 is 1.58 bits per heavy atom. The molecule has 2 aromatic heterocycles. The smallest absolute Gasteiger partial charge is 0.294 e. The Balaban J connectivity index is 1.95. The average molecular weight is 280 g/mol. The molecule has 19 heavy (non-hydrogen) atoms. The maximum Gasteiger partial charge on any atom is 0.294 e. The highest BCUT2D eigenvalue weighted by Gasteiger charge is 2.12. The maximum absolute atomic E-state index is 11.3. The number of hydrazine groups is 1. The third-order valence-corrected chi connectivity index (χ3v) is 3.61. The van der Waals surface area contributed by atoms with Crippen LogP contribution in [0.25, 0.3) is 0 Å². The molecule has 0 aliphatic rings. The molecular weight excluding hydrogens is 264 g/mol. The molecule has 1 amide bonds. The summed E-state index contributed by atoms with van der Waals surface area (Å²) in [5.41, 5.74) is 4.08. The van der Waals surface area contributed by atoms with Crippen molar-refractivity contribution in [2.45, 2.75) is 20.0 Å². The highest BCUT2D eigenvalue weighted by Crippen LogP contribution is 2.15. The summed E-state index contributed by atoms with van der Waals surface area (Å²) in [5.74, 6) is 5.64. The molecule has 0 atom stereocenters. The first-order chi connectivity index (χ1) is 9.10. The average Bonchev–Trinajstić information content (AvgIpc) is 2.99. The van der Waals surface area contributed by atoms with Crippen molar-refractivity contribution in [1.29, 1.82) is 0 Å². The van der Waals surface area contributed by atoms with Gasteiger partial charge in [0.1, 0.15) is 5.76 Å². The number of nitrogens with two attached hydrogens (primary N) is 1. The molecule has 2 rings (SSSR count). The molecule has 0 aliphatic carbocycles. The number of nitrogens with zero attached hydrogens (tertiary/aromatic N) is 2. The SMILES string of the molecule is Cc1occc1CN(C)Cc1csc(C(=O)NN)n1. The minimum Gasteiger partial charge on any atom is -0.469 e. The van der Waals surface area contributed by atoms with Gasteiger partial charge in [0, 0.05) is 24.0 Å². The van der Waals surface area contributed by atoms with Crippen molar-refractivity contribution < 1.29 is 9.21 Å². The van der Waals surface area contributed by atoms with Crippen molar-refractivity contribution in [1.82, 2.24) is 15.3 Å². The second kappa shape index (κ2) is 5.96. The van der Waals surface area contributed by atoms with Gasteiger partial charge in [-0.3, -0.25) is 15.1 Å². The molecule has 0 saturated heterocycles. The largest absolute Gasteiger partial charge is 0.469 e. The number of aryl methyl sites for hydroxylation is 1. The predicted molar refractivity (Wildman–Crippen MR) is 72.4 cm³/mol. The molecule has 2 aromatic rings. The molecule has 0 aliphatic heterocycles. The lowest BCUT2D eigenvalue weighted by molar-refractivity contribution is 0.0953. The number of nitrogen functional groups attached to an aromatic ring is 1. The van der Waals surface area contributed by atoms with E-state index >= 15 is 0 Å². The fraction of sp³-hybridized carbons (Fsp3) is 0.333. The lowest BCUT2D eigenvalue weighted by Crippen LogP contribution is -2.29. The first kappa shape index (κ1) is 13.7. The minimum atomic E-state index is -0.357. The first-order valence-corrected chi connectivity index (χ1v) is 6.65. The van der Waals surface area contributed by atoms with Crippen LogP contribution in [0.4, 0.5) is 0 Å². The van der Waals surface area contributed by atoms with Crippen LogP contribution in [-0.4, -0.2) is 22.8 Å². The Morgan fingerprint density at radius 2 is 2.37 bits per heavy atom. The monoisotopic (exact) mass is 280 g/mol. The number of thiazole rings is 1. The van der Waals surface area contributed by atoms with Crippen LogP contribution < -0.4 is 11.3 Å². The summed E-state index contributed by atoms with van der Waals surface area (Å²) in [4.78, 5) is 17.6. The summed E-state index contributed by atoms with van der Waals surface area (Å²) in [5, 5.41) is 2.24. The van der Waals surface area contributed by atoms with Gasteiger partial charge in [-0.2, -0.15) is 0 Å². The van der Waals surface area contributed by atoms with Crippen molar-refractivity contribution >= 4 is 17.2 Å². The van der Waals surface area contributed by atoms with Gasteiger partial charge in [-0.1, -0.05) is 0 Å². The van der Waals surface area contributed by atoms with Crippen LogP contribution in [0.5, 0.6) is 0 Å². The molecule has 2 heterocycles. The van der Waals surface area contributed by atoms with Crippen molar-refractivity contribution in [2.75, 3.05) is 7.05 Å². The van der Waals surface area contributed by atoms with E-state index in [1.54, 1.807) is 6.26 Å². The molecule has 0 radical (unpaired) electrons. The van der Waals surface area contributed by atoms with Gasteiger partial charge in [0.2, 0.25) is 0 Å². The zero-order valence-electron chi connectivity index (χ0n) is 10.8. The molecule has 7 heteroatoms. The molecule has 3 N–H and O–H groups in total. The van der Waals surface area contributed by atoms with Gasteiger partial charge in [0.25, 0.3) is 5.91 Å². The Hall–Kier alpha value is -1.70. The molecular formula is C12H16N4O2S. The normalized spacial score (nSPS) is 10.9. The number of nitrogens with one attached hydrogen (secondary N) is 1. The van der Waals surface area contributed by atoms with Crippen LogP contribution >= 0.6 is 11.3 Å². The molecule has 0 fully saturated rings. The van der Waals surface area contributed by atoms with Gasteiger partial charge < -0.3 is 4.42 Å². The van der Waals surface area contributed by atoms with Gasteiger partial charge in [-0.05, 0) is 20.0 Å². The molecule has 0 unspecified atom stereocenters. The molecule has 0 bridgehead atoms. The lowest BCUT2D eigenvalue weighted by Gasteiger charge is -2.14. The highest BCUT2D eigenvalue weighted by molar-refractivity contribution is 7.11. The summed E-state index contributed by atoms with van der Waals surface area (Å²) >= 11 is 1.29. The highest BCUT2D eigenvalue weighted by atomic mass is 32.1. The third kappa shape index (κ3) is 3.40. The molecule has 102 valence electrons. The zero-order chi connectivity index (χ0) is 13.8. The number of aromatic nitrogens is 1. The Labute approximate surface area is 115 Å². The van der Waals surface area contributed by atoms with E-state index in [1.165, 1.54) is 11.3 Å². The second-order valence-corrected chi connectivity index (χ2v) is 5.15. The van der Waals surface area contributed by atoms with E-state index < -0.39 is 0 Å². The van der Waals surface area contributed by atoms with Crippen LogP contribution in [0, 0.1) is 6.92 Å². The standard InChI is InChI=1S/C12H16N4O2S/c1-8-9(3-4-18-8)5-16(2)6-10-7-19-12(14-10)11(17)15-13/h3-4,7H,5-6,13H2,1-2H3,(H,15,17). The maximum atomic E-state index is 11.3. The summed E-state index contributed by atoms with van der Waals surface area (Å²) < 4.78 is 5.26. The van der Waals surface area contributed by atoms with Crippen LogP contribution in [-0.2, 0) is 13.1 Å². The minimum absolute atomic E-state index is 0.357. The number of hydrogen-bond acceptors (Lipinski definition) is 6. The zero-order valence-corrected chi connectivity index (χ0v) is 11.7. The topological polar surface area (TPSA) is 84.4 Å². The summed E-state index contributed by atoms with van der Waals surface area (Å²) in [6, 6.07) is 1.96. The van der Waals surface area contributed by atoms with E-state index in [1.807, 2.05) is 25.4 Å². The lowest BCUT2D eigenvalue weighted by atomic mass is 10.2. The number of carbonyl (C=O) groups is 1. The molecule has 6 nitrogen and oxygen atoms in total. The van der Waals surface area contributed by atoms with Crippen LogP contribution in [0.15, 0.2) is 22.1 Å².